The van der Waals surface area contributed by atoms with Crippen LogP contribution in [0.15, 0.2) is 0 Å². The van der Waals surface area contributed by atoms with Gasteiger partial charge in [-0.3, -0.25) is 0 Å². The molecule has 1 rings (SSSR count). The highest BCUT2D eigenvalue weighted by Gasteiger charge is 1.94. The third kappa shape index (κ3) is 2.44. The van der Waals surface area contributed by atoms with Crippen LogP contribution in [-0.2, 0) is 4.74 Å². The molecule has 0 saturated carbocycles. The first-order chi connectivity index (χ1) is 1.50. The number of rotatable bonds is 0. The first kappa shape index (κ1) is 4.44. The van der Waals surface area contributed by atoms with E-state index in [1.807, 2.05) is 0 Å². The molecule has 0 bridgehead atoms. The fourth-order valence-corrected chi connectivity index (χ4v) is 0. The quantitative estimate of drug-likeness (QED) is 0.431. The minimum atomic E-state index is 0. The number of hydrogen-bond donors (Lipinski definition) is 0. The second-order valence-corrected chi connectivity index (χ2v) is 0.612. The van der Waals surface area contributed by atoms with Crippen molar-refractivity contribution in [3.05, 3.63) is 0 Å². The molecule has 1 saturated heterocycles. The molecule has 0 spiro atoms. The van der Waals surface area contributed by atoms with Gasteiger partial charge in [-0.25, -0.2) is 0 Å². The van der Waals surface area contributed by atoms with E-state index in [1.54, 1.807) is 0 Å². The van der Waals surface area contributed by atoms with Gasteiger partial charge in [0, 0.05) is 0 Å². The summed E-state index contributed by atoms with van der Waals surface area (Å²) in [5, 5.41) is 0. The second kappa shape index (κ2) is 1.73. The van der Waals surface area contributed by atoms with Crippen molar-refractivity contribution in [3.8, 4) is 0 Å². The van der Waals surface area contributed by atoms with E-state index >= 15 is 0 Å². The van der Waals surface area contributed by atoms with E-state index < -0.39 is 0 Å². The van der Waals surface area contributed by atoms with Crippen LogP contribution in [0.5, 0.6) is 0 Å². The molecule has 1 aliphatic rings. The van der Waals surface area contributed by atoms with Crippen molar-refractivity contribution in [1.29, 1.82) is 0 Å². The summed E-state index contributed by atoms with van der Waals surface area (Å²) in [6.45, 7) is 2.00. The largest absolute Gasteiger partial charge is 0.377 e. The monoisotopic (exact) mass is 124 g/mol. The van der Waals surface area contributed by atoms with Crippen LogP contribution in [0.4, 0.5) is 0 Å². The standard InChI is InChI=1S/C2H4O.BrH/c1-2-3-1;/h1-2H2;1H. The Labute approximate surface area is 35.7 Å². The average Bonchev–Trinajstić information content (AvgIpc) is 1.46. The Morgan fingerprint density at radius 1 is 1.25 bits per heavy atom. The number of halogens is 1. The van der Waals surface area contributed by atoms with Crippen LogP contribution in [0.25, 0.3) is 0 Å². The normalized spacial score (nSPS) is 18.0. The molecule has 4 heavy (non-hydrogen) atoms. The lowest BCUT2D eigenvalue weighted by molar-refractivity contribution is 0.475. The maximum atomic E-state index is 4.50. The van der Waals surface area contributed by atoms with Gasteiger partial charge in [-0.15, -0.1) is 17.0 Å². The molecular formula is C2H5BrO. The Bertz CT molecular complexity index is 10.8. The molecule has 1 heterocycles. The van der Waals surface area contributed by atoms with E-state index in [9.17, 15) is 0 Å². The SMILES string of the molecule is Br.C1CO1. The molecule has 1 nitrogen and oxygen atoms in total. The summed E-state index contributed by atoms with van der Waals surface area (Å²) in [5.74, 6) is 0. The van der Waals surface area contributed by atoms with Crippen molar-refractivity contribution < 1.29 is 4.74 Å². The number of epoxide rings is 1. The molecule has 0 N–H and O–H groups in total. The zero-order chi connectivity index (χ0) is 2.12. The van der Waals surface area contributed by atoms with Crippen molar-refractivity contribution in [3.63, 3.8) is 0 Å². The predicted octanol–water partition coefficient (Wildman–Crippen LogP) is 0.595. The molecule has 26 valence electrons. The van der Waals surface area contributed by atoms with E-state index in [1.165, 1.54) is 0 Å². The van der Waals surface area contributed by atoms with Crippen LogP contribution in [0.3, 0.4) is 0 Å². The van der Waals surface area contributed by atoms with E-state index in [0.29, 0.717) is 0 Å². The Morgan fingerprint density at radius 2 is 1.50 bits per heavy atom. The summed E-state index contributed by atoms with van der Waals surface area (Å²) >= 11 is 0. The first-order valence-electron chi connectivity index (χ1n) is 1.08. The van der Waals surface area contributed by atoms with Crippen LogP contribution in [-0.4, -0.2) is 13.2 Å². The topological polar surface area (TPSA) is 12.5 Å². The molecule has 0 aromatic carbocycles. The molecule has 0 aromatic heterocycles. The molecule has 0 unspecified atom stereocenters. The zero-order valence-electron chi connectivity index (χ0n) is 2.23. The molecule has 0 aliphatic carbocycles. The van der Waals surface area contributed by atoms with Crippen LogP contribution in [0.2, 0.25) is 0 Å². The molecule has 2 heteroatoms. The summed E-state index contributed by atoms with van der Waals surface area (Å²) in [6, 6.07) is 0. The minimum absolute atomic E-state index is 0. The fourth-order valence-electron chi connectivity index (χ4n) is 0. The van der Waals surface area contributed by atoms with Crippen LogP contribution in [0.1, 0.15) is 0 Å². The van der Waals surface area contributed by atoms with Gasteiger partial charge in [0.1, 0.15) is 0 Å². The molecule has 0 amide bonds. The highest BCUT2D eigenvalue weighted by Crippen LogP contribution is 1.84. The van der Waals surface area contributed by atoms with Gasteiger partial charge >= 0.3 is 0 Å². The summed E-state index contributed by atoms with van der Waals surface area (Å²) in [4.78, 5) is 0. The van der Waals surface area contributed by atoms with Crippen molar-refractivity contribution in [2.45, 2.75) is 0 Å². The maximum absolute atomic E-state index is 4.50. The number of hydrogen-bond acceptors (Lipinski definition) is 1. The lowest BCUT2D eigenvalue weighted by Crippen LogP contribution is -1.20. The molecule has 0 aromatic rings. The van der Waals surface area contributed by atoms with E-state index in [2.05, 4.69) is 4.74 Å². The lowest BCUT2D eigenvalue weighted by atomic mass is 11.0. The second-order valence-electron chi connectivity index (χ2n) is 0.612. The molecule has 1 aliphatic heterocycles. The van der Waals surface area contributed by atoms with Gasteiger partial charge in [0.2, 0.25) is 0 Å². The van der Waals surface area contributed by atoms with E-state index in [4.69, 9.17) is 0 Å². The van der Waals surface area contributed by atoms with Crippen LogP contribution >= 0.6 is 17.0 Å². The first-order valence-corrected chi connectivity index (χ1v) is 1.08. The highest BCUT2D eigenvalue weighted by atomic mass is 79.9. The minimum Gasteiger partial charge on any atom is -0.377 e. The van der Waals surface area contributed by atoms with Gasteiger partial charge in [-0.05, 0) is 0 Å². The lowest BCUT2D eigenvalue weighted by Gasteiger charge is -1.24. The van der Waals surface area contributed by atoms with E-state index in [-0.39, 0.29) is 17.0 Å². The molecule has 0 atom stereocenters. The Morgan fingerprint density at radius 3 is 1.50 bits per heavy atom. The maximum Gasteiger partial charge on any atom is 0.0701 e. The molecule has 1 fully saturated rings. The Kier molecular flexibility index (Phi) is 1.92. The van der Waals surface area contributed by atoms with Gasteiger partial charge < -0.3 is 4.74 Å². The van der Waals surface area contributed by atoms with Crippen molar-refractivity contribution in [1.82, 2.24) is 0 Å². The average molecular weight is 125 g/mol. The molecular weight excluding hydrogens is 120 g/mol. The summed E-state index contributed by atoms with van der Waals surface area (Å²) in [7, 11) is 0. The van der Waals surface area contributed by atoms with Crippen LogP contribution < -0.4 is 0 Å². The van der Waals surface area contributed by atoms with Gasteiger partial charge in [0.05, 0.1) is 13.2 Å². The third-order valence-electron chi connectivity index (χ3n) is 0.204. The smallest absolute Gasteiger partial charge is 0.0701 e. The van der Waals surface area contributed by atoms with Gasteiger partial charge in [-0.2, -0.15) is 0 Å². The predicted molar refractivity (Wildman–Crippen MR) is 21.1 cm³/mol. The Balaban J connectivity index is 0.0000000900. The van der Waals surface area contributed by atoms with Gasteiger partial charge in [0.15, 0.2) is 0 Å². The molecule has 0 radical (unpaired) electrons. The summed E-state index contributed by atoms with van der Waals surface area (Å²) in [6.07, 6.45) is 0. The van der Waals surface area contributed by atoms with Crippen LogP contribution in [0, 0.1) is 0 Å². The highest BCUT2D eigenvalue weighted by molar-refractivity contribution is 8.93. The zero-order valence-corrected chi connectivity index (χ0v) is 3.94. The van der Waals surface area contributed by atoms with Crippen molar-refractivity contribution >= 4 is 17.0 Å². The summed E-state index contributed by atoms with van der Waals surface area (Å²) in [5.41, 5.74) is 0. The Hall–Kier alpha value is 0.440. The third-order valence-corrected chi connectivity index (χ3v) is 0.204. The number of ether oxygens (including phenoxy) is 1. The van der Waals surface area contributed by atoms with Crippen molar-refractivity contribution in [2.24, 2.45) is 0 Å². The summed E-state index contributed by atoms with van der Waals surface area (Å²) < 4.78 is 4.50. The van der Waals surface area contributed by atoms with Crippen molar-refractivity contribution in [2.75, 3.05) is 13.2 Å². The van der Waals surface area contributed by atoms with Gasteiger partial charge in [0.25, 0.3) is 0 Å². The van der Waals surface area contributed by atoms with Gasteiger partial charge in [-0.1, -0.05) is 0 Å². The van der Waals surface area contributed by atoms with E-state index in [0.717, 1.165) is 13.2 Å². The fraction of sp³-hybridized carbons (Fsp3) is 1.00.